The van der Waals surface area contributed by atoms with E-state index in [2.05, 4.69) is 10.2 Å². The number of methoxy groups -OCH3 is 1. The van der Waals surface area contributed by atoms with E-state index in [1.165, 1.54) is 4.90 Å². The topological polar surface area (TPSA) is 79.0 Å². The van der Waals surface area contributed by atoms with E-state index in [4.69, 9.17) is 4.74 Å². The van der Waals surface area contributed by atoms with Crippen LogP contribution >= 0.6 is 0 Å². The van der Waals surface area contributed by atoms with Gasteiger partial charge < -0.3 is 10.1 Å². The highest BCUT2D eigenvalue weighted by Crippen LogP contribution is 2.38. The third kappa shape index (κ3) is 4.08. The molecule has 1 saturated carbocycles. The van der Waals surface area contributed by atoms with Gasteiger partial charge in [0.1, 0.15) is 12.3 Å². The van der Waals surface area contributed by atoms with Gasteiger partial charge in [-0.05, 0) is 44.8 Å². The van der Waals surface area contributed by atoms with Gasteiger partial charge in [0.25, 0.3) is 0 Å². The number of para-hydroxylation sites is 1. The first-order valence-electron chi connectivity index (χ1n) is 11.1. The summed E-state index contributed by atoms with van der Waals surface area (Å²) in [7, 11) is 1.66. The van der Waals surface area contributed by atoms with Crippen molar-refractivity contribution in [3.05, 3.63) is 29.8 Å². The highest BCUT2D eigenvalue weighted by atomic mass is 16.5. The van der Waals surface area contributed by atoms with E-state index in [9.17, 15) is 14.4 Å². The van der Waals surface area contributed by atoms with E-state index in [1.807, 2.05) is 24.3 Å². The number of hydrogen-bond donors (Lipinski definition) is 1. The number of benzene rings is 1. The Kier molecular flexibility index (Phi) is 6.37. The highest BCUT2D eigenvalue weighted by molar-refractivity contribution is 6.07. The van der Waals surface area contributed by atoms with E-state index in [1.54, 1.807) is 7.11 Å². The zero-order valence-electron chi connectivity index (χ0n) is 17.6. The summed E-state index contributed by atoms with van der Waals surface area (Å²) in [6, 6.07) is 7.88. The molecule has 3 fully saturated rings. The van der Waals surface area contributed by atoms with Crippen LogP contribution in [0, 0.1) is 11.8 Å². The van der Waals surface area contributed by atoms with E-state index in [0.29, 0.717) is 6.54 Å². The fraction of sp³-hybridized carbons (Fsp3) is 0.609. The van der Waals surface area contributed by atoms with Gasteiger partial charge in [-0.25, -0.2) is 0 Å². The monoisotopic (exact) mass is 413 g/mol. The number of hydrogen-bond acceptors (Lipinski definition) is 5. The van der Waals surface area contributed by atoms with Gasteiger partial charge in [-0.2, -0.15) is 0 Å². The first-order chi connectivity index (χ1) is 14.6. The lowest BCUT2D eigenvalue weighted by Gasteiger charge is -2.29. The Balaban J connectivity index is 1.41. The molecule has 1 aliphatic carbocycles. The number of fused-ring (bicyclic) bond motifs is 1. The lowest BCUT2D eigenvalue weighted by Crippen LogP contribution is -2.43. The Morgan fingerprint density at radius 3 is 2.33 bits per heavy atom. The molecule has 7 nitrogen and oxygen atoms in total. The zero-order valence-corrected chi connectivity index (χ0v) is 17.6. The third-order valence-corrected chi connectivity index (χ3v) is 6.81. The minimum absolute atomic E-state index is 0.000150. The normalized spacial score (nSPS) is 25.3. The fourth-order valence-electron chi connectivity index (χ4n) is 5.23. The first-order valence-corrected chi connectivity index (χ1v) is 11.1. The van der Waals surface area contributed by atoms with Crippen LogP contribution in [0.1, 0.15) is 50.1 Å². The summed E-state index contributed by atoms with van der Waals surface area (Å²) in [6.07, 6.45) is 5.77. The summed E-state index contributed by atoms with van der Waals surface area (Å²) in [5.74, 6) is -0.247. The summed E-state index contributed by atoms with van der Waals surface area (Å²) in [4.78, 5) is 41.5. The molecule has 0 bridgehead atoms. The lowest BCUT2D eigenvalue weighted by molar-refractivity contribution is -0.143. The number of ether oxygens (including phenoxy) is 1. The van der Waals surface area contributed by atoms with Crippen molar-refractivity contribution in [3.8, 4) is 5.75 Å². The van der Waals surface area contributed by atoms with Crippen molar-refractivity contribution < 1.29 is 19.1 Å². The van der Waals surface area contributed by atoms with Crippen LogP contribution in [-0.2, 0) is 14.4 Å². The van der Waals surface area contributed by atoms with Gasteiger partial charge in [0, 0.05) is 12.1 Å². The number of nitrogens with one attached hydrogen (secondary N) is 1. The number of imide groups is 1. The van der Waals surface area contributed by atoms with Gasteiger partial charge in [-0.15, -0.1) is 0 Å². The van der Waals surface area contributed by atoms with Crippen LogP contribution in [0.4, 0.5) is 0 Å². The molecule has 3 aliphatic rings. The highest BCUT2D eigenvalue weighted by Gasteiger charge is 2.48. The summed E-state index contributed by atoms with van der Waals surface area (Å²) >= 11 is 0. The van der Waals surface area contributed by atoms with Crippen LogP contribution < -0.4 is 10.1 Å². The van der Waals surface area contributed by atoms with Gasteiger partial charge in [-0.1, -0.05) is 31.0 Å². The molecule has 1 aromatic rings. The van der Waals surface area contributed by atoms with Gasteiger partial charge in [0.15, 0.2) is 0 Å². The van der Waals surface area contributed by atoms with Gasteiger partial charge in [-0.3, -0.25) is 24.2 Å². The molecule has 2 saturated heterocycles. The second-order valence-corrected chi connectivity index (χ2v) is 8.56. The maximum Gasteiger partial charge on any atom is 0.240 e. The number of rotatable bonds is 7. The second kappa shape index (κ2) is 9.16. The SMILES string of the molecule is COc1ccccc1C(CNC(=O)CN1C(=O)C2CCCCC2C1=O)N1CCCC1. The number of amides is 3. The molecule has 1 aromatic carbocycles. The van der Waals surface area contributed by atoms with Crippen molar-refractivity contribution in [1.29, 1.82) is 0 Å². The molecule has 2 heterocycles. The van der Waals surface area contributed by atoms with Gasteiger partial charge in [0.2, 0.25) is 17.7 Å². The van der Waals surface area contributed by atoms with Crippen LogP contribution in [0.2, 0.25) is 0 Å². The molecule has 0 radical (unpaired) electrons. The van der Waals surface area contributed by atoms with Crippen LogP contribution in [0.3, 0.4) is 0 Å². The van der Waals surface area contributed by atoms with Crippen LogP contribution in [0.25, 0.3) is 0 Å². The lowest BCUT2D eigenvalue weighted by atomic mass is 9.81. The Morgan fingerprint density at radius 2 is 1.70 bits per heavy atom. The maximum atomic E-state index is 12.7. The van der Waals surface area contributed by atoms with Crippen LogP contribution in [0.5, 0.6) is 5.75 Å². The quantitative estimate of drug-likeness (QED) is 0.693. The molecule has 162 valence electrons. The minimum atomic E-state index is -0.283. The van der Waals surface area contributed by atoms with Gasteiger partial charge in [0.05, 0.1) is 25.0 Å². The van der Waals surface area contributed by atoms with Crippen molar-refractivity contribution in [2.75, 3.05) is 33.3 Å². The van der Waals surface area contributed by atoms with Crippen molar-refractivity contribution in [2.24, 2.45) is 11.8 Å². The molecular formula is C23H31N3O4. The van der Waals surface area contributed by atoms with E-state index in [0.717, 1.165) is 62.9 Å². The van der Waals surface area contributed by atoms with Gasteiger partial charge >= 0.3 is 0 Å². The standard InChI is InChI=1S/C23H31N3O4/c1-30-20-11-5-4-10-18(20)19(25-12-6-7-13-25)14-24-21(27)15-26-22(28)16-8-2-3-9-17(16)23(26)29/h4-5,10-11,16-17,19H,2-3,6-9,12-15H2,1H3,(H,24,27). The van der Waals surface area contributed by atoms with Crippen molar-refractivity contribution in [2.45, 2.75) is 44.6 Å². The first kappa shape index (κ1) is 20.8. The molecule has 2 aliphatic heterocycles. The number of carbonyl (C=O) groups is 3. The minimum Gasteiger partial charge on any atom is -0.496 e. The van der Waals surface area contributed by atoms with E-state index >= 15 is 0 Å². The molecule has 0 spiro atoms. The summed E-state index contributed by atoms with van der Waals surface area (Å²) in [6.45, 7) is 2.20. The third-order valence-electron chi connectivity index (χ3n) is 6.81. The van der Waals surface area contributed by atoms with Crippen molar-refractivity contribution in [3.63, 3.8) is 0 Å². The average Bonchev–Trinajstić information content (AvgIpc) is 3.38. The smallest absolute Gasteiger partial charge is 0.240 e. The molecule has 3 atom stereocenters. The predicted octanol–water partition coefficient (Wildman–Crippen LogP) is 2.12. The summed E-state index contributed by atoms with van der Waals surface area (Å²) < 4.78 is 5.55. The maximum absolute atomic E-state index is 12.7. The Hall–Kier alpha value is -2.41. The fourth-order valence-corrected chi connectivity index (χ4v) is 5.23. The van der Waals surface area contributed by atoms with Crippen molar-refractivity contribution >= 4 is 17.7 Å². The molecule has 3 unspecified atom stereocenters. The number of likely N-dealkylation sites (tertiary alicyclic amines) is 2. The molecule has 3 amide bonds. The van der Waals surface area contributed by atoms with Crippen LogP contribution in [-0.4, -0.2) is 60.8 Å². The second-order valence-electron chi connectivity index (χ2n) is 8.56. The molecule has 30 heavy (non-hydrogen) atoms. The molecule has 7 heteroatoms. The predicted molar refractivity (Wildman–Crippen MR) is 112 cm³/mol. The Labute approximate surface area is 177 Å². The average molecular weight is 414 g/mol. The Morgan fingerprint density at radius 1 is 1.07 bits per heavy atom. The summed E-state index contributed by atoms with van der Waals surface area (Å²) in [5, 5.41) is 2.98. The van der Waals surface area contributed by atoms with Crippen LogP contribution in [0.15, 0.2) is 24.3 Å². The Bertz CT molecular complexity index is 781. The number of nitrogens with zero attached hydrogens (tertiary/aromatic N) is 2. The van der Waals surface area contributed by atoms with Crippen molar-refractivity contribution in [1.82, 2.24) is 15.1 Å². The number of carbonyl (C=O) groups excluding carboxylic acids is 3. The summed E-state index contributed by atoms with van der Waals surface area (Å²) in [5.41, 5.74) is 1.04. The molecular weight excluding hydrogens is 382 g/mol. The van der Waals surface area contributed by atoms with E-state index < -0.39 is 0 Å². The molecule has 4 rings (SSSR count). The molecule has 0 aromatic heterocycles. The zero-order chi connectivity index (χ0) is 21.1. The molecule has 1 N–H and O–H groups in total. The largest absolute Gasteiger partial charge is 0.496 e. The van der Waals surface area contributed by atoms with E-state index in [-0.39, 0.29) is 42.1 Å².